The molecule has 100 valence electrons. The molecule has 1 aromatic carbocycles. The Bertz CT molecular complexity index is 519. The first-order valence-corrected chi connectivity index (χ1v) is 8.46. The molecule has 0 unspecified atom stereocenters. The van der Waals surface area contributed by atoms with Crippen LogP contribution in [0.1, 0.15) is 31.2 Å². The molecule has 1 aliphatic carbocycles. The van der Waals surface area contributed by atoms with E-state index in [1.165, 1.54) is 12.8 Å². The molecule has 0 atom stereocenters. The van der Waals surface area contributed by atoms with E-state index in [9.17, 15) is 8.42 Å². The summed E-state index contributed by atoms with van der Waals surface area (Å²) in [5.74, 6) is 0.902. The molecule has 0 aromatic heterocycles. The van der Waals surface area contributed by atoms with Crippen molar-refractivity contribution >= 4 is 19.7 Å². The van der Waals surface area contributed by atoms with E-state index in [-0.39, 0.29) is 4.90 Å². The Hall–Kier alpha value is -0.740. The minimum Gasteiger partial charge on any atom is -0.492 e. The molecular formula is C13H17ClO3S. The van der Waals surface area contributed by atoms with Gasteiger partial charge in [0, 0.05) is 10.7 Å². The summed E-state index contributed by atoms with van der Waals surface area (Å²) in [4.78, 5) is 0.0714. The highest BCUT2D eigenvalue weighted by atomic mass is 35.7. The van der Waals surface area contributed by atoms with Crippen molar-refractivity contribution < 1.29 is 13.2 Å². The maximum atomic E-state index is 11.5. The first-order chi connectivity index (χ1) is 8.47. The summed E-state index contributed by atoms with van der Waals surface area (Å²) in [6.07, 6.45) is 4.80. The van der Waals surface area contributed by atoms with Gasteiger partial charge in [0.05, 0.1) is 6.61 Å². The fourth-order valence-corrected chi connectivity index (χ4v) is 3.37. The van der Waals surface area contributed by atoms with E-state index in [1.807, 2.05) is 13.0 Å². The number of hydrogen-bond acceptors (Lipinski definition) is 3. The molecule has 0 amide bonds. The van der Waals surface area contributed by atoms with Gasteiger partial charge in [-0.05, 0) is 43.4 Å². The molecule has 0 N–H and O–H groups in total. The Kier molecular flexibility index (Phi) is 4.17. The maximum Gasteiger partial charge on any atom is 0.264 e. The van der Waals surface area contributed by atoms with Gasteiger partial charge in [-0.2, -0.15) is 0 Å². The molecule has 3 nitrogen and oxygen atoms in total. The third-order valence-corrected chi connectivity index (χ3v) is 4.65. The van der Waals surface area contributed by atoms with Crippen molar-refractivity contribution in [1.82, 2.24) is 0 Å². The maximum absolute atomic E-state index is 11.5. The van der Waals surface area contributed by atoms with Crippen LogP contribution in [-0.2, 0) is 9.05 Å². The van der Waals surface area contributed by atoms with Crippen LogP contribution in [0.25, 0.3) is 0 Å². The van der Waals surface area contributed by atoms with Gasteiger partial charge >= 0.3 is 0 Å². The first-order valence-electron chi connectivity index (χ1n) is 6.15. The lowest BCUT2D eigenvalue weighted by atomic mass is 10.1. The average molecular weight is 289 g/mol. The fraction of sp³-hybridized carbons (Fsp3) is 0.538. The molecule has 0 aliphatic heterocycles. The van der Waals surface area contributed by atoms with Crippen LogP contribution < -0.4 is 4.74 Å². The Morgan fingerprint density at radius 3 is 2.61 bits per heavy atom. The van der Waals surface area contributed by atoms with Crippen molar-refractivity contribution in [3.05, 3.63) is 23.8 Å². The van der Waals surface area contributed by atoms with Crippen molar-refractivity contribution in [2.24, 2.45) is 5.92 Å². The number of rotatable bonds is 4. The van der Waals surface area contributed by atoms with Gasteiger partial charge in [-0.1, -0.05) is 18.9 Å². The molecule has 18 heavy (non-hydrogen) atoms. The topological polar surface area (TPSA) is 43.4 Å². The average Bonchev–Trinajstić information content (AvgIpc) is 2.79. The molecule has 0 spiro atoms. The minimum absolute atomic E-state index is 0.0714. The van der Waals surface area contributed by atoms with Crippen LogP contribution >= 0.6 is 10.7 Å². The van der Waals surface area contributed by atoms with Crippen LogP contribution in [0.4, 0.5) is 0 Å². The summed E-state index contributed by atoms with van der Waals surface area (Å²) in [6, 6.07) is 5.06. The summed E-state index contributed by atoms with van der Waals surface area (Å²) >= 11 is 0. The summed E-state index contributed by atoms with van der Waals surface area (Å²) in [5.41, 5.74) is 0.849. The molecule has 1 fully saturated rings. The van der Waals surface area contributed by atoms with Crippen LogP contribution in [0.15, 0.2) is 23.1 Å². The Morgan fingerprint density at radius 1 is 1.33 bits per heavy atom. The van der Waals surface area contributed by atoms with Gasteiger partial charge in [-0.25, -0.2) is 8.42 Å². The molecule has 5 heteroatoms. The zero-order valence-electron chi connectivity index (χ0n) is 10.4. The van der Waals surface area contributed by atoms with Gasteiger partial charge in [0.2, 0.25) is 0 Å². The lowest BCUT2D eigenvalue weighted by molar-refractivity contribution is 0.246. The van der Waals surface area contributed by atoms with E-state index in [4.69, 9.17) is 15.4 Å². The zero-order chi connectivity index (χ0) is 13.2. The van der Waals surface area contributed by atoms with Gasteiger partial charge in [0.1, 0.15) is 10.6 Å². The molecule has 0 heterocycles. The second kappa shape index (κ2) is 5.49. The van der Waals surface area contributed by atoms with Crippen molar-refractivity contribution in [3.63, 3.8) is 0 Å². The standard InChI is InChI=1S/C13H17ClO3S/c1-10-6-7-12(13(8-10)18(14,15)16)17-9-11-4-2-3-5-11/h6-8,11H,2-5,9H2,1H3. The van der Waals surface area contributed by atoms with Crippen LogP contribution in [0.2, 0.25) is 0 Å². The van der Waals surface area contributed by atoms with Gasteiger partial charge in [0.25, 0.3) is 9.05 Å². The SMILES string of the molecule is Cc1ccc(OCC2CCCC2)c(S(=O)(=O)Cl)c1. The summed E-state index contributed by atoms with van der Waals surface area (Å²) in [5, 5.41) is 0. The smallest absolute Gasteiger partial charge is 0.264 e. The second-order valence-electron chi connectivity index (χ2n) is 4.85. The fourth-order valence-electron chi connectivity index (χ4n) is 2.31. The molecule has 0 saturated heterocycles. The van der Waals surface area contributed by atoms with Gasteiger partial charge in [0.15, 0.2) is 0 Å². The highest BCUT2D eigenvalue weighted by Gasteiger charge is 2.20. The summed E-state index contributed by atoms with van der Waals surface area (Å²) in [6.45, 7) is 2.40. The minimum atomic E-state index is -3.75. The molecule has 1 saturated carbocycles. The van der Waals surface area contributed by atoms with Crippen LogP contribution in [0.3, 0.4) is 0 Å². The van der Waals surface area contributed by atoms with Gasteiger partial charge in [-0.15, -0.1) is 0 Å². The predicted molar refractivity (Wildman–Crippen MR) is 71.7 cm³/mol. The van der Waals surface area contributed by atoms with Crippen molar-refractivity contribution in [3.8, 4) is 5.75 Å². The van der Waals surface area contributed by atoms with Gasteiger partial charge in [-0.3, -0.25) is 0 Å². The number of aryl methyl sites for hydroxylation is 1. The largest absolute Gasteiger partial charge is 0.492 e. The summed E-state index contributed by atoms with van der Waals surface area (Å²) < 4.78 is 28.6. The molecule has 1 aromatic rings. The van der Waals surface area contributed by atoms with Crippen LogP contribution in [0, 0.1) is 12.8 Å². The summed E-state index contributed by atoms with van der Waals surface area (Å²) in [7, 11) is 1.67. The van der Waals surface area contributed by atoms with E-state index in [2.05, 4.69) is 0 Å². The monoisotopic (exact) mass is 288 g/mol. The van der Waals surface area contributed by atoms with E-state index < -0.39 is 9.05 Å². The van der Waals surface area contributed by atoms with Crippen molar-refractivity contribution in [1.29, 1.82) is 0 Å². The second-order valence-corrected chi connectivity index (χ2v) is 7.38. The lowest BCUT2D eigenvalue weighted by Crippen LogP contribution is -2.09. The third kappa shape index (κ3) is 3.39. The molecule has 1 aliphatic rings. The third-order valence-electron chi connectivity index (χ3n) is 3.31. The van der Waals surface area contributed by atoms with Crippen molar-refractivity contribution in [2.45, 2.75) is 37.5 Å². The molecule has 2 rings (SSSR count). The number of hydrogen-bond donors (Lipinski definition) is 0. The highest BCUT2D eigenvalue weighted by Crippen LogP contribution is 2.30. The Balaban J connectivity index is 2.16. The van der Waals surface area contributed by atoms with Gasteiger partial charge < -0.3 is 4.74 Å². The highest BCUT2D eigenvalue weighted by molar-refractivity contribution is 8.13. The van der Waals surface area contributed by atoms with E-state index >= 15 is 0 Å². The quantitative estimate of drug-likeness (QED) is 0.797. The normalized spacial score (nSPS) is 17.0. The molecule has 0 radical (unpaired) electrons. The number of ether oxygens (including phenoxy) is 1. The van der Waals surface area contributed by atoms with Crippen LogP contribution in [0.5, 0.6) is 5.75 Å². The van der Waals surface area contributed by atoms with E-state index in [1.54, 1.807) is 12.1 Å². The lowest BCUT2D eigenvalue weighted by Gasteiger charge is -2.13. The zero-order valence-corrected chi connectivity index (χ0v) is 11.9. The van der Waals surface area contributed by atoms with E-state index in [0.717, 1.165) is 18.4 Å². The first kappa shape index (κ1) is 13.7. The van der Waals surface area contributed by atoms with Crippen LogP contribution in [-0.4, -0.2) is 15.0 Å². The Morgan fingerprint density at radius 2 is 2.00 bits per heavy atom. The Labute approximate surface area is 113 Å². The van der Waals surface area contributed by atoms with Crippen molar-refractivity contribution in [2.75, 3.05) is 6.61 Å². The number of benzene rings is 1. The number of halogens is 1. The molecular weight excluding hydrogens is 272 g/mol. The predicted octanol–water partition coefficient (Wildman–Crippen LogP) is 3.49. The molecule has 0 bridgehead atoms. The van der Waals surface area contributed by atoms with E-state index in [0.29, 0.717) is 18.3 Å².